The average Bonchev–Trinajstić information content (AvgIpc) is 3.58. The van der Waals surface area contributed by atoms with Crippen molar-refractivity contribution in [1.29, 1.82) is 0 Å². The Morgan fingerprint density at radius 2 is 1.23 bits per heavy atom. The van der Waals surface area contributed by atoms with E-state index in [4.69, 9.17) is 23.7 Å². The number of methoxy groups -OCH3 is 2. The van der Waals surface area contributed by atoms with E-state index in [-0.39, 0.29) is 25.8 Å². The number of cyclic esters (lactones) is 1. The number of piperidine rings is 1. The van der Waals surface area contributed by atoms with Crippen molar-refractivity contribution in [2.75, 3.05) is 14.2 Å². The van der Waals surface area contributed by atoms with E-state index in [0.29, 0.717) is 6.54 Å². The van der Waals surface area contributed by atoms with Crippen molar-refractivity contribution >= 4 is 12.4 Å². The van der Waals surface area contributed by atoms with Crippen LogP contribution in [0, 0.1) is 0 Å². The van der Waals surface area contributed by atoms with Crippen molar-refractivity contribution < 1.29 is 33.3 Å². The number of likely N-dealkylation sites (tertiary alicyclic amines) is 1. The number of aldehydes is 1. The van der Waals surface area contributed by atoms with Crippen LogP contribution in [-0.4, -0.2) is 71.8 Å². The maximum atomic E-state index is 13.9. The zero-order valence-corrected chi connectivity index (χ0v) is 27.4. The van der Waals surface area contributed by atoms with Crippen LogP contribution in [0.4, 0.5) is 4.79 Å². The highest BCUT2D eigenvalue weighted by molar-refractivity contribution is 5.80. The van der Waals surface area contributed by atoms with Crippen molar-refractivity contribution in [3.8, 4) is 11.5 Å². The Bertz CT molecular complexity index is 1720. The lowest BCUT2D eigenvalue weighted by molar-refractivity contribution is -0.153. The second-order valence-corrected chi connectivity index (χ2v) is 12.7. The quantitative estimate of drug-likeness (QED) is 0.133. The van der Waals surface area contributed by atoms with Crippen LogP contribution in [0.3, 0.4) is 0 Å². The number of hydrogen-bond acceptors (Lipinski definition) is 8. The normalized spacial score (nSPS) is 28.6. The molecule has 3 fully saturated rings. The summed E-state index contributed by atoms with van der Waals surface area (Å²) in [6.45, 7) is 3.15. The fraction of sp³-hybridized carbons (Fsp3) is 0.333. The third kappa shape index (κ3) is 5.32. The molecular formula is C39H40N2O7. The van der Waals surface area contributed by atoms with Gasteiger partial charge in [-0.3, -0.25) is 9.80 Å². The van der Waals surface area contributed by atoms with E-state index in [1.165, 1.54) is 0 Å². The fourth-order valence-electron chi connectivity index (χ4n) is 7.80. The first-order valence-corrected chi connectivity index (χ1v) is 16.2. The van der Waals surface area contributed by atoms with Crippen LogP contribution >= 0.6 is 0 Å². The van der Waals surface area contributed by atoms with E-state index in [2.05, 4.69) is 17.0 Å². The van der Waals surface area contributed by atoms with Gasteiger partial charge in [0.1, 0.15) is 47.2 Å². The summed E-state index contributed by atoms with van der Waals surface area (Å²) in [4.78, 5) is 31.4. The fourth-order valence-corrected chi connectivity index (χ4v) is 7.80. The van der Waals surface area contributed by atoms with Crippen LogP contribution in [0.2, 0.25) is 0 Å². The Morgan fingerprint density at radius 3 is 1.75 bits per heavy atom. The second kappa shape index (κ2) is 13.1. The topological polar surface area (TPSA) is 86.5 Å². The molecule has 0 radical (unpaired) electrons. The number of carbonyl (C=O) groups excluding carboxylic acids is 2. The molecule has 3 aliphatic rings. The number of hydrogen-bond donors (Lipinski definition) is 0. The lowest BCUT2D eigenvalue weighted by Gasteiger charge is -2.47. The minimum atomic E-state index is -1.12. The van der Waals surface area contributed by atoms with Gasteiger partial charge in [-0.25, -0.2) is 4.79 Å². The molecule has 48 heavy (non-hydrogen) atoms. The van der Waals surface area contributed by atoms with Gasteiger partial charge in [-0.2, -0.15) is 0 Å². The van der Waals surface area contributed by atoms with E-state index in [1.54, 1.807) is 19.1 Å². The first kappa shape index (κ1) is 31.9. The third-order valence-corrected chi connectivity index (χ3v) is 10.2. The summed E-state index contributed by atoms with van der Waals surface area (Å²) >= 11 is 0. The number of ether oxygens (including phenoxy) is 5. The SMILES string of the molecule is COc1ccc(CO[C@@H]2[C@H]3N(Cc4ccccc4)[C@@]3(C=O)[C@@H](OCc3ccc(OC)cc3)[C@]23[C@@H](C)OC(=O)N3Cc2ccccc2)cc1. The molecule has 1 unspecified atom stereocenters. The molecule has 0 bridgehead atoms. The molecular weight excluding hydrogens is 608 g/mol. The Hall–Kier alpha value is -4.70. The van der Waals surface area contributed by atoms with E-state index in [1.807, 2.05) is 104 Å². The second-order valence-electron chi connectivity index (χ2n) is 12.7. The largest absolute Gasteiger partial charge is 0.497 e. The van der Waals surface area contributed by atoms with Gasteiger partial charge >= 0.3 is 6.09 Å². The van der Waals surface area contributed by atoms with Crippen molar-refractivity contribution in [1.82, 2.24) is 9.80 Å². The zero-order valence-electron chi connectivity index (χ0n) is 27.4. The maximum absolute atomic E-state index is 13.9. The summed E-state index contributed by atoms with van der Waals surface area (Å²) in [6, 6.07) is 34.9. The summed E-state index contributed by atoms with van der Waals surface area (Å²) < 4.78 is 30.7. The van der Waals surface area contributed by atoms with Crippen molar-refractivity contribution in [3.63, 3.8) is 0 Å². The molecule has 9 heteroatoms. The van der Waals surface area contributed by atoms with E-state index in [9.17, 15) is 9.59 Å². The van der Waals surface area contributed by atoms with Crippen LogP contribution in [0.1, 0.15) is 29.2 Å². The van der Waals surface area contributed by atoms with Gasteiger partial charge in [-0.15, -0.1) is 0 Å². The van der Waals surface area contributed by atoms with Crippen LogP contribution in [0.5, 0.6) is 11.5 Å². The molecule has 1 aliphatic carbocycles. The Kier molecular flexibility index (Phi) is 8.68. The summed E-state index contributed by atoms with van der Waals surface area (Å²) in [5.74, 6) is 1.48. The molecule has 4 aromatic carbocycles. The molecule has 2 saturated heterocycles. The van der Waals surface area contributed by atoms with Gasteiger partial charge in [0.15, 0.2) is 0 Å². The number of benzene rings is 4. The highest BCUT2D eigenvalue weighted by Gasteiger charge is 2.87. The van der Waals surface area contributed by atoms with Gasteiger partial charge in [0, 0.05) is 13.1 Å². The Balaban J connectivity index is 1.32. The monoisotopic (exact) mass is 648 g/mol. The van der Waals surface area contributed by atoms with Crippen LogP contribution in [0.25, 0.3) is 0 Å². The predicted octanol–water partition coefficient (Wildman–Crippen LogP) is 5.79. The van der Waals surface area contributed by atoms with Gasteiger partial charge in [-0.05, 0) is 53.4 Å². The summed E-state index contributed by atoms with van der Waals surface area (Å²) in [5.41, 5.74) is 1.67. The highest BCUT2D eigenvalue weighted by atomic mass is 16.6. The molecule has 2 heterocycles. The predicted molar refractivity (Wildman–Crippen MR) is 178 cm³/mol. The van der Waals surface area contributed by atoms with Crippen LogP contribution in [-0.2, 0) is 45.3 Å². The van der Waals surface area contributed by atoms with Crippen molar-refractivity contribution in [2.24, 2.45) is 0 Å². The maximum Gasteiger partial charge on any atom is 0.411 e. The van der Waals surface area contributed by atoms with E-state index < -0.39 is 35.5 Å². The van der Waals surface area contributed by atoms with Gasteiger partial charge in [-0.1, -0.05) is 84.9 Å². The van der Waals surface area contributed by atoms with Crippen LogP contribution in [0.15, 0.2) is 109 Å². The number of fused-ring (bicyclic) bond motifs is 1. The third-order valence-electron chi connectivity index (χ3n) is 10.2. The van der Waals surface area contributed by atoms with Crippen molar-refractivity contribution in [3.05, 3.63) is 131 Å². The first-order valence-electron chi connectivity index (χ1n) is 16.2. The molecule has 0 N–H and O–H groups in total. The minimum absolute atomic E-state index is 0.211. The average molecular weight is 649 g/mol. The van der Waals surface area contributed by atoms with Gasteiger partial charge in [0.2, 0.25) is 0 Å². The van der Waals surface area contributed by atoms with Gasteiger partial charge in [0.05, 0.1) is 33.5 Å². The van der Waals surface area contributed by atoms with Crippen LogP contribution < -0.4 is 9.47 Å². The molecule has 7 atom stereocenters. The Labute approximate surface area is 280 Å². The van der Waals surface area contributed by atoms with E-state index in [0.717, 1.165) is 40.0 Å². The molecule has 9 nitrogen and oxygen atoms in total. The summed E-state index contributed by atoms with van der Waals surface area (Å²) in [6.07, 6.45) is -1.49. The van der Waals surface area contributed by atoms with Gasteiger partial charge < -0.3 is 28.5 Å². The Morgan fingerprint density at radius 1 is 0.708 bits per heavy atom. The zero-order chi connectivity index (χ0) is 33.3. The molecule has 1 amide bonds. The molecule has 2 aliphatic heterocycles. The summed E-state index contributed by atoms with van der Waals surface area (Å²) in [5, 5.41) is 0. The smallest absolute Gasteiger partial charge is 0.411 e. The lowest BCUT2D eigenvalue weighted by atomic mass is 9.81. The molecule has 4 aromatic rings. The number of carbonyl (C=O) groups is 2. The molecule has 7 rings (SSSR count). The standard InChI is InChI=1S/C39H40N2O7/c1-27-39(41(37(43)48-27)23-29-12-8-5-9-13-29)35(46-24-30-14-18-32(44-2)19-15-30)34-38(26-42,40(34)22-28-10-6-4-7-11-28)36(39)47-25-31-16-20-33(45-3)21-17-31/h4-21,26-27,34-36H,22-25H2,1-3H3/t27-,34-,35-,36-,38-,39+,40?/m1/s1. The number of amides is 1. The highest BCUT2D eigenvalue weighted by Crippen LogP contribution is 2.63. The molecule has 0 aromatic heterocycles. The lowest BCUT2D eigenvalue weighted by Crippen LogP contribution is -2.68. The summed E-state index contributed by atoms with van der Waals surface area (Å²) in [7, 11) is 3.26. The first-order chi connectivity index (χ1) is 23.4. The molecule has 1 spiro atoms. The van der Waals surface area contributed by atoms with E-state index >= 15 is 0 Å². The minimum Gasteiger partial charge on any atom is -0.497 e. The number of nitrogens with zero attached hydrogens (tertiary/aromatic N) is 2. The number of rotatable bonds is 13. The molecule has 1 saturated carbocycles. The van der Waals surface area contributed by atoms with Crippen molar-refractivity contribution in [2.45, 2.75) is 68.7 Å². The van der Waals surface area contributed by atoms with Gasteiger partial charge in [0.25, 0.3) is 0 Å². The molecule has 248 valence electrons.